The molecule has 0 unspecified atom stereocenters. The van der Waals surface area contributed by atoms with E-state index in [2.05, 4.69) is 0 Å². The van der Waals surface area contributed by atoms with Gasteiger partial charge in [0.05, 0.1) is 12.7 Å². The normalized spacial score (nSPS) is 38.1. The highest BCUT2D eigenvalue weighted by atomic mass is 16.7. The summed E-state index contributed by atoms with van der Waals surface area (Å²) in [5.74, 6) is 0. The molecule has 1 saturated heterocycles. The van der Waals surface area contributed by atoms with Crippen molar-refractivity contribution in [3.8, 4) is 0 Å². The van der Waals surface area contributed by atoms with Gasteiger partial charge in [0, 0.05) is 0 Å². The molecule has 0 aliphatic carbocycles. The maximum Gasteiger partial charge on any atom is 0.186 e. The van der Waals surface area contributed by atoms with Gasteiger partial charge in [-0.25, -0.2) is 0 Å². The van der Waals surface area contributed by atoms with Crippen molar-refractivity contribution in [2.75, 3.05) is 6.61 Å². The molecule has 0 aromatic carbocycles. The van der Waals surface area contributed by atoms with Gasteiger partial charge in [-0.3, -0.25) is 0 Å². The van der Waals surface area contributed by atoms with Crippen molar-refractivity contribution in [2.45, 2.75) is 62.0 Å². The van der Waals surface area contributed by atoms with Gasteiger partial charge in [0.15, 0.2) is 12.6 Å². The Balaban J connectivity index is 2.52. The highest BCUT2D eigenvalue weighted by Crippen LogP contribution is 2.22. The van der Waals surface area contributed by atoms with Crippen LogP contribution in [-0.2, 0) is 14.3 Å². The van der Waals surface area contributed by atoms with Crippen molar-refractivity contribution < 1.29 is 50.0 Å². The lowest BCUT2D eigenvalue weighted by Crippen LogP contribution is -2.58. The van der Waals surface area contributed by atoms with Crippen LogP contribution in [0.25, 0.3) is 0 Å². The van der Waals surface area contributed by atoms with E-state index in [1.54, 1.807) is 0 Å². The first-order valence-corrected chi connectivity index (χ1v) is 6.69. The second-order valence-corrected chi connectivity index (χ2v) is 5.19. The van der Waals surface area contributed by atoms with Crippen LogP contribution in [0.4, 0.5) is 0 Å². The van der Waals surface area contributed by atoms with E-state index in [1.165, 1.54) is 6.92 Å². The molecule has 1 aliphatic heterocycles. The zero-order valence-corrected chi connectivity index (χ0v) is 11.8. The summed E-state index contributed by atoms with van der Waals surface area (Å²) >= 11 is 0. The Morgan fingerprint density at radius 2 is 1.64 bits per heavy atom. The number of hydrogen-bond acceptors (Lipinski definition) is 10. The van der Waals surface area contributed by atoms with Crippen LogP contribution in [0.2, 0.25) is 0 Å². The fourth-order valence-electron chi connectivity index (χ4n) is 1.95. The monoisotopic (exact) mass is 326 g/mol. The topological polar surface area (TPSA) is 177 Å². The van der Waals surface area contributed by atoms with Crippen molar-refractivity contribution in [1.29, 1.82) is 0 Å². The van der Waals surface area contributed by atoms with Crippen LogP contribution in [0.15, 0.2) is 0 Å². The lowest BCUT2D eigenvalue weighted by atomic mass is 10.00. The third-order valence-electron chi connectivity index (χ3n) is 3.47. The average molecular weight is 326 g/mol. The maximum absolute atomic E-state index is 10.3. The molecule has 0 saturated carbocycles. The van der Waals surface area contributed by atoms with Crippen molar-refractivity contribution >= 4 is 6.29 Å². The number of hydrogen-bond donors (Lipinski definition) is 7. The molecule has 22 heavy (non-hydrogen) atoms. The summed E-state index contributed by atoms with van der Waals surface area (Å²) in [6, 6.07) is 0. The van der Waals surface area contributed by atoms with Crippen LogP contribution in [0.5, 0.6) is 0 Å². The molecule has 10 nitrogen and oxygen atoms in total. The van der Waals surface area contributed by atoms with E-state index >= 15 is 0 Å². The molecule has 0 bridgehead atoms. The van der Waals surface area contributed by atoms with Gasteiger partial charge >= 0.3 is 0 Å². The van der Waals surface area contributed by atoms with Crippen LogP contribution in [0, 0.1) is 0 Å². The molecular weight excluding hydrogens is 304 g/mol. The second-order valence-electron chi connectivity index (χ2n) is 5.19. The zero-order chi connectivity index (χ0) is 17.0. The van der Waals surface area contributed by atoms with E-state index in [0.29, 0.717) is 0 Å². The third kappa shape index (κ3) is 4.41. The Labute approximate surface area is 126 Å². The lowest BCUT2D eigenvalue weighted by molar-refractivity contribution is -0.299. The Kier molecular flexibility index (Phi) is 7.25. The fraction of sp³-hybridized carbons (Fsp3) is 0.917. The van der Waals surface area contributed by atoms with Crippen LogP contribution >= 0.6 is 0 Å². The van der Waals surface area contributed by atoms with Crippen LogP contribution < -0.4 is 0 Å². The Bertz CT molecular complexity index is 353. The molecule has 0 amide bonds. The first-order chi connectivity index (χ1) is 10.2. The van der Waals surface area contributed by atoms with Gasteiger partial charge in [0.2, 0.25) is 0 Å². The van der Waals surface area contributed by atoms with Gasteiger partial charge in [0.25, 0.3) is 0 Å². The molecule has 0 spiro atoms. The molecule has 130 valence electrons. The van der Waals surface area contributed by atoms with Gasteiger partial charge in [-0.1, -0.05) is 0 Å². The highest BCUT2D eigenvalue weighted by Gasteiger charge is 2.43. The van der Waals surface area contributed by atoms with Gasteiger partial charge in [0.1, 0.15) is 42.7 Å². The van der Waals surface area contributed by atoms with Gasteiger partial charge < -0.3 is 50.0 Å². The minimum Gasteiger partial charge on any atom is -0.388 e. The molecule has 1 aliphatic rings. The molecular formula is C12H22O10. The molecule has 7 N–H and O–H groups in total. The number of ether oxygens (including phenoxy) is 2. The molecule has 10 heteroatoms. The summed E-state index contributed by atoms with van der Waals surface area (Å²) in [6.07, 6.45) is -14.0. The molecule has 1 fully saturated rings. The zero-order valence-electron chi connectivity index (χ0n) is 11.8. The van der Waals surface area contributed by atoms with Gasteiger partial charge in [-0.05, 0) is 6.92 Å². The summed E-state index contributed by atoms with van der Waals surface area (Å²) in [4.78, 5) is 10.3. The van der Waals surface area contributed by atoms with Crippen LogP contribution in [0.3, 0.4) is 0 Å². The number of carbonyl (C=O) groups is 1. The largest absolute Gasteiger partial charge is 0.388 e. The second kappa shape index (κ2) is 8.24. The van der Waals surface area contributed by atoms with Crippen LogP contribution in [-0.4, -0.2) is 104 Å². The SMILES string of the molecule is C[C@H]1O[C@@H](OC[C@@H](O)[C@@H](O)[C@H](O)[C@@H](O)C=O)[C@@H](O)[C@@H](O)[C@@H]1O. The molecule has 0 aromatic rings. The van der Waals surface area contributed by atoms with Crippen LogP contribution in [0.1, 0.15) is 6.92 Å². The summed E-state index contributed by atoms with van der Waals surface area (Å²) in [7, 11) is 0. The van der Waals surface area contributed by atoms with Gasteiger partial charge in [-0.2, -0.15) is 0 Å². The predicted octanol–water partition coefficient (Wildman–Crippen LogP) is -4.53. The standard InChI is InChI=1S/C12H22O10/c1-4-7(16)10(19)11(20)12(22-4)21-3-6(15)9(18)8(17)5(14)2-13/h2,4-12,14-20H,3H2,1H3/t4-,5+,6-,7-,8-,9-,10+,11+,12-/m1/s1. The Morgan fingerprint density at radius 1 is 1.05 bits per heavy atom. The molecule has 0 radical (unpaired) electrons. The van der Waals surface area contributed by atoms with Gasteiger partial charge in [-0.15, -0.1) is 0 Å². The van der Waals surface area contributed by atoms with E-state index in [9.17, 15) is 35.4 Å². The molecule has 1 heterocycles. The number of aliphatic hydroxyl groups is 7. The van der Waals surface area contributed by atoms with E-state index < -0.39 is 61.7 Å². The number of aldehydes is 1. The lowest BCUT2D eigenvalue weighted by Gasteiger charge is -2.39. The van der Waals surface area contributed by atoms with E-state index in [0.717, 1.165) is 0 Å². The summed E-state index contributed by atoms with van der Waals surface area (Å²) < 4.78 is 10.1. The summed E-state index contributed by atoms with van der Waals surface area (Å²) in [5.41, 5.74) is 0. The molecule has 1 rings (SSSR count). The number of carbonyl (C=O) groups excluding carboxylic acids is 1. The number of rotatable bonds is 7. The van der Waals surface area contributed by atoms with E-state index in [1.807, 2.05) is 0 Å². The smallest absolute Gasteiger partial charge is 0.186 e. The van der Waals surface area contributed by atoms with Crippen molar-refractivity contribution in [3.05, 3.63) is 0 Å². The maximum atomic E-state index is 10.3. The Hall–Kier alpha value is -0.690. The van der Waals surface area contributed by atoms with E-state index in [-0.39, 0.29) is 6.29 Å². The van der Waals surface area contributed by atoms with Crippen molar-refractivity contribution in [2.24, 2.45) is 0 Å². The summed E-state index contributed by atoms with van der Waals surface area (Å²) in [5, 5.41) is 66.3. The fourth-order valence-corrected chi connectivity index (χ4v) is 1.95. The minimum atomic E-state index is -1.92. The minimum absolute atomic E-state index is 0.00507. The quantitative estimate of drug-likeness (QED) is 0.225. The summed E-state index contributed by atoms with van der Waals surface area (Å²) in [6.45, 7) is 0.812. The predicted molar refractivity (Wildman–Crippen MR) is 68.4 cm³/mol. The first-order valence-electron chi connectivity index (χ1n) is 6.69. The Morgan fingerprint density at radius 3 is 2.18 bits per heavy atom. The number of aliphatic hydroxyl groups excluding tert-OH is 7. The molecule has 9 atom stereocenters. The average Bonchev–Trinajstić information content (AvgIpc) is 2.52. The highest BCUT2D eigenvalue weighted by molar-refractivity contribution is 5.56. The first kappa shape index (κ1) is 19.4. The third-order valence-corrected chi connectivity index (χ3v) is 3.47. The van der Waals surface area contributed by atoms with Crippen molar-refractivity contribution in [1.82, 2.24) is 0 Å². The molecule has 0 aromatic heterocycles. The van der Waals surface area contributed by atoms with E-state index in [4.69, 9.17) is 14.6 Å². The van der Waals surface area contributed by atoms with Crippen molar-refractivity contribution in [3.63, 3.8) is 0 Å².